The molecule has 16 N–H and O–H groups in total. The molecule has 484 valence electrons. The molecule has 92 heavy (non-hydrogen) atoms. The Morgan fingerprint density at radius 1 is 0.554 bits per heavy atom. The van der Waals surface area contributed by atoms with Crippen LogP contribution in [0, 0.1) is 11.6 Å². The van der Waals surface area contributed by atoms with Crippen LogP contribution in [0.1, 0.15) is 79.0 Å². The molecule has 10 amide bonds. The van der Waals surface area contributed by atoms with E-state index in [0.717, 1.165) is 6.07 Å². The number of aliphatic carboxylic acids is 1. The predicted molar refractivity (Wildman–Crippen MR) is 327 cm³/mol. The van der Waals surface area contributed by atoms with Gasteiger partial charge in [-0.25, -0.2) is 13.8 Å². The lowest BCUT2D eigenvalue weighted by Crippen LogP contribution is -2.61. The summed E-state index contributed by atoms with van der Waals surface area (Å²) in [5, 5.41) is 43.9. The second-order valence-corrected chi connectivity index (χ2v) is 22.4. The molecule has 29 heteroatoms. The van der Waals surface area contributed by atoms with Gasteiger partial charge in [0.15, 0.2) is 0 Å². The van der Waals surface area contributed by atoms with Crippen LogP contribution in [0.25, 0.3) is 21.8 Å². The van der Waals surface area contributed by atoms with Gasteiger partial charge in [0.05, 0.1) is 19.3 Å². The molecular weight excluding hydrogens is 1200 g/mol. The van der Waals surface area contributed by atoms with Gasteiger partial charge in [-0.2, -0.15) is 0 Å². The minimum absolute atomic E-state index is 0.00171. The molecule has 1 aliphatic heterocycles. The van der Waals surface area contributed by atoms with Crippen molar-refractivity contribution in [1.82, 2.24) is 67.8 Å². The number of hydrogen-bond donors (Lipinski definition) is 15. The van der Waals surface area contributed by atoms with E-state index in [1.807, 2.05) is 0 Å². The van der Waals surface area contributed by atoms with E-state index in [9.17, 15) is 71.7 Å². The third kappa shape index (κ3) is 19.3. The van der Waals surface area contributed by atoms with E-state index in [1.165, 1.54) is 86.4 Å². The summed E-state index contributed by atoms with van der Waals surface area (Å²) in [6.45, 7) is 0.731. The molecule has 0 aliphatic carbocycles. The van der Waals surface area contributed by atoms with Gasteiger partial charge < -0.3 is 78.7 Å². The topological polar surface area (TPSA) is 423 Å². The van der Waals surface area contributed by atoms with Crippen LogP contribution in [-0.4, -0.2) is 144 Å². The predicted octanol–water partition coefficient (Wildman–Crippen LogP) is 0.939. The van der Waals surface area contributed by atoms with Gasteiger partial charge >= 0.3 is 5.97 Å². The van der Waals surface area contributed by atoms with Gasteiger partial charge in [0.25, 0.3) is 0 Å². The number of aromatic amines is 3. The number of carbonyl (C=O) groups is 11. The monoisotopic (exact) mass is 1270 g/mol. The zero-order valence-corrected chi connectivity index (χ0v) is 49.8. The van der Waals surface area contributed by atoms with E-state index >= 15 is 0 Å². The molecule has 7 atom stereocenters. The number of aromatic hydroxyl groups is 1. The third-order valence-electron chi connectivity index (χ3n) is 15.3. The number of hydrogen-bond acceptors (Lipinski definition) is 13. The summed E-state index contributed by atoms with van der Waals surface area (Å²) in [6, 6.07) is 8.72. The molecule has 8 rings (SSSR count). The summed E-state index contributed by atoms with van der Waals surface area (Å²) in [5.41, 5.74) is 9.08. The van der Waals surface area contributed by atoms with Crippen molar-refractivity contribution in [2.24, 2.45) is 5.73 Å². The number of primary amides is 1. The van der Waals surface area contributed by atoms with Crippen LogP contribution in [0.4, 0.5) is 8.78 Å². The van der Waals surface area contributed by atoms with Crippen LogP contribution >= 0.6 is 0 Å². The van der Waals surface area contributed by atoms with E-state index in [2.05, 4.69) is 67.8 Å². The van der Waals surface area contributed by atoms with Crippen molar-refractivity contribution in [3.05, 3.63) is 155 Å². The molecule has 0 radical (unpaired) electrons. The minimum Gasteiger partial charge on any atom is -0.508 e. The number of H-pyrrole nitrogens is 3. The van der Waals surface area contributed by atoms with E-state index in [-0.39, 0.29) is 73.4 Å². The number of benzene rings is 4. The Bertz CT molecular complexity index is 3860. The average Bonchev–Trinajstić information content (AvgIpc) is 1.69. The number of phenols is 1. The number of imidazole rings is 1. The Labute approximate surface area is 524 Å². The number of carbonyl (C=O) groups excluding carboxylic acids is 10. The van der Waals surface area contributed by atoms with Crippen molar-refractivity contribution in [3.63, 3.8) is 0 Å². The first kappa shape index (κ1) is 66.9. The normalized spacial score (nSPS) is 21.3. The molecule has 0 spiro atoms. The maximum absolute atomic E-state index is 14.9. The summed E-state index contributed by atoms with van der Waals surface area (Å²) < 4.78 is 29.5. The third-order valence-corrected chi connectivity index (χ3v) is 15.3. The minimum atomic E-state index is -2.04. The highest BCUT2D eigenvalue weighted by Crippen LogP contribution is 2.24. The summed E-state index contributed by atoms with van der Waals surface area (Å²) >= 11 is 0. The largest absolute Gasteiger partial charge is 0.508 e. The summed E-state index contributed by atoms with van der Waals surface area (Å²) in [4.78, 5) is 165. The number of phenolic OH excluding ortho intramolecular Hbond substituents is 1. The fourth-order valence-corrected chi connectivity index (χ4v) is 10.5. The molecule has 0 fully saturated rings. The number of amides is 10. The Morgan fingerprint density at radius 2 is 1.10 bits per heavy atom. The Balaban J connectivity index is 1.12. The zero-order valence-electron chi connectivity index (χ0n) is 49.8. The molecule has 0 saturated heterocycles. The average molecular weight is 1270 g/mol. The van der Waals surface area contributed by atoms with Gasteiger partial charge in [0.1, 0.15) is 59.7 Å². The Hall–Kier alpha value is -11.0. The fourth-order valence-electron chi connectivity index (χ4n) is 10.5. The number of halogens is 2. The number of nitrogens with one attached hydrogen (secondary N) is 12. The van der Waals surface area contributed by atoms with E-state index < -0.39 is 132 Å². The SMILES string of the molecule is C[C@@H]1NC(=O)CCCCCC(=O)NCc2cccc(c2)C[C@@H](C(N)=O)NC(=O)[C@H](Cc2ccc(O)cc2)NC(=O)[C@H](Cc2cnc[nH]2)NC(=O)[C@H](CC(=O)O)NC(=O)[C@H](Cc2c[nH]c3ccc(F)cc23)NC(=O)[C@H](Cc2c[nH]c3ccc(F)cc23)NC(=O)CNC1=O. The van der Waals surface area contributed by atoms with Gasteiger partial charge in [-0.3, -0.25) is 52.7 Å². The molecule has 27 nitrogen and oxygen atoms in total. The van der Waals surface area contributed by atoms with Crippen molar-refractivity contribution in [3.8, 4) is 5.75 Å². The van der Waals surface area contributed by atoms with Crippen LogP contribution in [0.2, 0.25) is 0 Å². The lowest BCUT2D eigenvalue weighted by atomic mass is 10.0. The number of rotatable bonds is 11. The lowest BCUT2D eigenvalue weighted by Gasteiger charge is -2.27. The summed E-state index contributed by atoms with van der Waals surface area (Å²) in [7, 11) is 0. The standard InChI is InChI=1S/C63H70F2N14O13/c1-33-58(87)71-31-55(83)74-49(21-37-28-68-45-16-12-39(64)23-43(37)45)60(89)77-50(22-38-29-69-46-17-13-40(65)24-44(38)46)61(90)79-52(26-56(84)85)63(92)78-51(25-41-30-67-32-72-41)62(91)76-48(19-34-10-14-42(80)15-11-34)59(88)75-47(57(66)86)20-35-6-5-7-36(18-35)27-70-53(81)8-3-2-4-9-54(82)73-33/h5-7,10-18,23-24,28-30,32-33,47-52,68-69,80H,2-4,8-9,19-22,25-27,31H2,1H3,(H2,66,86)(H,67,72)(H,70,81)(H,71,87)(H,73,82)(H,74,83)(H,75,88)(H,76,91)(H,77,89)(H,78,92)(H,79,90)(H,84,85)/t33-,47-,48-,49-,50-,51-,52-/m0/s1. The highest BCUT2D eigenvalue weighted by molar-refractivity contribution is 5.99. The molecule has 3 aromatic heterocycles. The van der Waals surface area contributed by atoms with Crippen molar-refractivity contribution in [2.45, 2.75) is 126 Å². The van der Waals surface area contributed by atoms with Crippen molar-refractivity contribution in [2.75, 3.05) is 6.54 Å². The number of nitrogens with two attached hydrogens (primary N) is 1. The molecule has 7 aromatic rings. The van der Waals surface area contributed by atoms with Crippen molar-refractivity contribution in [1.29, 1.82) is 0 Å². The number of aromatic nitrogens is 4. The van der Waals surface area contributed by atoms with Crippen LogP contribution in [0.15, 0.2) is 110 Å². The van der Waals surface area contributed by atoms with Gasteiger partial charge in [0.2, 0.25) is 59.1 Å². The van der Waals surface area contributed by atoms with Crippen LogP contribution in [0.5, 0.6) is 5.75 Å². The molecule has 1 aliphatic rings. The van der Waals surface area contributed by atoms with E-state index in [1.54, 1.807) is 24.3 Å². The van der Waals surface area contributed by atoms with Gasteiger partial charge in [-0.15, -0.1) is 0 Å². The lowest BCUT2D eigenvalue weighted by molar-refractivity contribution is -0.141. The van der Waals surface area contributed by atoms with Crippen molar-refractivity contribution < 1.29 is 71.7 Å². The first-order valence-corrected chi connectivity index (χ1v) is 29.5. The molecule has 0 saturated carbocycles. The Morgan fingerprint density at radius 3 is 1.68 bits per heavy atom. The Kier molecular flexibility index (Phi) is 22.9. The van der Waals surface area contributed by atoms with Crippen molar-refractivity contribution >= 4 is 86.8 Å². The maximum atomic E-state index is 14.9. The number of carboxylic acids is 1. The second-order valence-electron chi connectivity index (χ2n) is 22.4. The number of fused-ring (bicyclic) bond motifs is 4. The maximum Gasteiger partial charge on any atom is 0.305 e. The van der Waals surface area contributed by atoms with Gasteiger partial charge in [-0.1, -0.05) is 42.8 Å². The molecule has 0 unspecified atom stereocenters. The fraction of sp³-hybridized carbons (Fsp3) is 0.333. The van der Waals surface area contributed by atoms with Crippen LogP contribution in [-0.2, 0) is 91.4 Å². The quantitative estimate of drug-likeness (QED) is 0.0858. The summed E-state index contributed by atoms with van der Waals surface area (Å²) in [5.74, 6) is -12.0. The van der Waals surface area contributed by atoms with Crippen LogP contribution in [0.3, 0.4) is 0 Å². The van der Waals surface area contributed by atoms with E-state index in [0.29, 0.717) is 57.9 Å². The molecule has 4 aromatic carbocycles. The van der Waals surface area contributed by atoms with Gasteiger partial charge in [-0.05, 0) is 96.1 Å². The first-order valence-electron chi connectivity index (χ1n) is 29.5. The molecule has 2 bridgehead atoms. The smallest absolute Gasteiger partial charge is 0.305 e. The molecule has 4 heterocycles. The number of carboxylic acid groups (broad SMARTS) is 1. The van der Waals surface area contributed by atoms with E-state index in [4.69, 9.17) is 5.73 Å². The zero-order chi connectivity index (χ0) is 66.0. The molecular formula is C63H70F2N14O13. The van der Waals surface area contributed by atoms with Crippen LogP contribution < -0.4 is 53.6 Å². The first-order chi connectivity index (χ1) is 44.0. The number of nitrogens with zero attached hydrogens (tertiary/aromatic N) is 1. The van der Waals surface area contributed by atoms with Gasteiger partial charge in [0, 0.05) is 97.6 Å². The highest BCUT2D eigenvalue weighted by Gasteiger charge is 2.36. The summed E-state index contributed by atoms with van der Waals surface area (Å²) in [6.07, 6.45) is 4.06. The highest BCUT2D eigenvalue weighted by atomic mass is 19.1. The second kappa shape index (κ2) is 31.4.